The summed E-state index contributed by atoms with van der Waals surface area (Å²) < 4.78 is 0. The summed E-state index contributed by atoms with van der Waals surface area (Å²) in [5, 5.41) is 3.70. The van der Waals surface area contributed by atoms with Gasteiger partial charge in [0.05, 0.1) is 0 Å². The number of nitrogens with one attached hydrogen (secondary N) is 1. The summed E-state index contributed by atoms with van der Waals surface area (Å²) in [4.78, 5) is 8.00. The molecule has 70 valence electrons. The van der Waals surface area contributed by atoms with E-state index in [1.165, 1.54) is 0 Å². The molecule has 0 aromatic carbocycles. The summed E-state index contributed by atoms with van der Waals surface area (Å²) in [6.07, 6.45) is 1.97. The molecular formula is C8H11ClN4. The molecule has 4 nitrogen and oxygen atoms in total. The monoisotopic (exact) mass is 198 g/mol. The SMILES string of the molecule is CC1CCc2c(Cl)nc(N)nc2N1. The molecule has 0 spiro atoms. The molecule has 2 rings (SSSR count). The fourth-order valence-corrected chi connectivity index (χ4v) is 1.75. The number of nitrogens with zero attached hydrogens (tertiary/aromatic N) is 2. The van der Waals surface area contributed by atoms with Crippen LogP contribution in [0.15, 0.2) is 0 Å². The van der Waals surface area contributed by atoms with Crippen molar-refractivity contribution < 1.29 is 0 Å². The first-order chi connectivity index (χ1) is 6.16. The van der Waals surface area contributed by atoms with Gasteiger partial charge >= 0.3 is 0 Å². The van der Waals surface area contributed by atoms with E-state index >= 15 is 0 Å². The molecule has 3 N–H and O–H groups in total. The second kappa shape index (κ2) is 3.03. The van der Waals surface area contributed by atoms with Crippen LogP contribution in [0.1, 0.15) is 18.9 Å². The van der Waals surface area contributed by atoms with Crippen LogP contribution in [-0.4, -0.2) is 16.0 Å². The molecule has 0 saturated heterocycles. The third-order valence-electron chi connectivity index (χ3n) is 2.18. The van der Waals surface area contributed by atoms with E-state index in [4.69, 9.17) is 17.3 Å². The Morgan fingerprint density at radius 2 is 2.31 bits per heavy atom. The largest absolute Gasteiger partial charge is 0.368 e. The van der Waals surface area contributed by atoms with Crippen LogP contribution in [0.2, 0.25) is 5.15 Å². The molecule has 1 aliphatic heterocycles. The average molecular weight is 199 g/mol. The summed E-state index contributed by atoms with van der Waals surface area (Å²) in [5.74, 6) is 1.02. The lowest BCUT2D eigenvalue weighted by molar-refractivity contribution is 0.671. The van der Waals surface area contributed by atoms with Gasteiger partial charge in [0.15, 0.2) is 0 Å². The van der Waals surface area contributed by atoms with Gasteiger partial charge in [-0.05, 0) is 19.8 Å². The number of nitrogens with two attached hydrogens (primary N) is 1. The Morgan fingerprint density at radius 3 is 3.08 bits per heavy atom. The Hall–Kier alpha value is -1.03. The number of nitrogen functional groups attached to an aromatic ring is 1. The van der Waals surface area contributed by atoms with Crippen LogP contribution < -0.4 is 11.1 Å². The molecule has 1 atom stereocenters. The third-order valence-corrected chi connectivity index (χ3v) is 2.50. The highest BCUT2D eigenvalue weighted by Gasteiger charge is 2.19. The lowest BCUT2D eigenvalue weighted by Gasteiger charge is -2.23. The zero-order valence-corrected chi connectivity index (χ0v) is 8.10. The van der Waals surface area contributed by atoms with E-state index in [0.29, 0.717) is 11.2 Å². The minimum Gasteiger partial charge on any atom is -0.368 e. The highest BCUT2D eigenvalue weighted by molar-refractivity contribution is 6.30. The van der Waals surface area contributed by atoms with Crippen LogP contribution in [-0.2, 0) is 6.42 Å². The van der Waals surface area contributed by atoms with Crippen LogP contribution in [0.25, 0.3) is 0 Å². The van der Waals surface area contributed by atoms with E-state index in [9.17, 15) is 0 Å². The predicted octanol–water partition coefficient (Wildman–Crippen LogP) is 1.46. The normalized spacial score (nSPS) is 20.6. The molecule has 2 heterocycles. The van der Waals surface area contributed by atoms with Gasteiger partial charge in [0.1, 0.15) is 11.0 Å². The van der Waals surface area contributed by atoms with Crippen molar-refractivity contribution in [3.05, 3.63) is 10.7 Å². The molecule has 13 heavy (non-hydrogen) atoms. The van der Waals surface area contributed by atoms with Crippen LogP contribution in [0, 0.1) is 0 Å². The van der Waals surface area contributed by atoms with Gasteiger partial charge in [-0.1, -0.05) is 11.6 Å². The standard InChI is InChI=1S/C8H11ClN4/c1-4-2-3-5-6(9)12-8(10)13-7(5)11-4/h4H,2-3H2,1H3,(H3,10,11,12,13). The van der Waals surface area contributed by atoms with E-state index in [0.717, 1.165) is 24.2 Å². The summed E-state index contributed by atoms with van der Waals surface area (Å²) in [5.41, 5.74) is 6.46. The van der Waals surface area contributed by atoms with Gasteiger partial charge in [-0.3, -0.25) is 0 Å². The van der Waals surface area contributed by atoms with E-state index in [2.05, 4.69) is 22.2 Å². The Morgan fingerprint density at radius 1 is 1.54 bits per heavy atom. The van der Waals surface area contributed by atoms with Crippen molar-refractivity contribution in [2.24, 2.45) is 0 Å². The molecule has 0 saturated carbocycles. The Kier molecular flexibility index (Phi) is 2.00. The van der Waals surface area contributed by atoms with Crippen LogP contribution >= 0.6 is 11.6 Å². The molecule has 0 aliphatic carbocycles. The van der Waals surface area contributed by atoms with Gasteiger partial charge in [-0.25, -0.2) is 4.98 Å². The number of hydrogen-bond donors (Lipinski definition) is 2. The van der Waals surface area contributed by atoms with Crippen molar-refractivity contribution >= 4 is 23.4 Å². The zero-order chi connectivity index (χ0) is 9.42. The van der Waals surface area contributed by atoms with Gasteiger partial charge < -0.3 is 11.1 Å². The van der Waals surface area contributed by atoms with Gasteiger partial charge in [-0.2, -0.15) is 4.98 Å². The topological polar surface area (TPSA) is 63.8 Å². The number of anilines is 2. The first-order valence-corrected chi connectivity index (χ1v) is 4.63. The Balaban J connectivity index is 2.47. The summed E-state index contributed by atoms with van der Waals surface area (Å²) in [6, 6.07) is 0.429. The Labute approximate surface area is 81.5 Å². The molecule has 1 aromatic heterocycles. The van der Waals surface area contributed by atoms with Crippen molar-refractivity contribution in [1.82, 2.24) is 9.97 Å². The second-order valence-corrected chi connectivity index (χ2v) is 3.64. The highest BCUT2D eigenvalue weighted by Crippen LogP contribution is 2.28. The molecule has 0 bridgehead atoms. The van der Waals surface area contributed by atoms with E-state index in [-0.39, 0.29) is 5.95 Å². The number of rotatable bonds is 0. The van der Waals surface area contributed by atoms with E-state index in [1.807, 2.05) is 0 Å². The van der Waals surface area contributed by atoms with Crippen molar-refractivity contribution in [3.8, 4) is 0 Å². The second-order valence-electron chi connectivity index (χ2n) is 3.28. The number of hydrogen-bond acceptors (Lipinski definition) is 4. The first-order valence-electron chi connectivity index (χ1n) is 4.25. The maximum atomic E-state index is 5.92. The summed E-state index contributed by atoms with van der Waals surface area (Å²) in [7, 11) is 0. The van der Waals surface area contributed by atoms with Crippen LogP contribution in [0.4, 0.5) is 11.8 Å². The van der Waals surface area contributed by atoms with E-state index < -0.39 is 0 Å². The molecular weight excluding hydrogens is 188 g/mol. The summed E-state index contributed by atoms with van der Waals surface area (Å²) >= 11 is 5.92. The quantitative estimate of drug-likeness (QED) is 0.620. The van der Waals surface area contributed by atoms with E-state index in [1.54, 1.807) is 0 Å². The number of fused-ring (bicyclic) bond motifs is 1. The molecule has 1 unspecified atom stereocenters. The number of halogens is 1. The van der Waals surface area contributed by atoms with Crippen molar-refractivity contribution in [1.29, 1.82) is 0 Å². The van der Waals surface area contributed by atoms with Gasteiger partial charge in [0, 0.05) is 11.6 Å². The van der Waals surface area contributed by atoms with Gasteiger partial charge in [-0.15, -0.1) is 0 Å². The minimum atomic E-state index is 0.227. The maximum absolute atomic E-state index is 5.92. The van der Waals surface area contributed by atoms with Crippen molar-refractivity contribution in [3.63, 3.8) is 0 Å². The maximum Gasteiger partial charge on any atom is 0.223 e. The molecule has 0 fully saturated rings. The molecule has 1 aliphatic rings. The van der Waals surface area contributed by atoms with Crippen LogP contribution in [0.5, 0.6) is 0 Å². The lowest BCUT2D eigenvalue weighted by Crippen LogP contribution is -2.24. The fourth-order valence-electron chi connectivity index (χ4n) is 1.48. The van der Waals surface area contributed by atoms with Gasteiger partial charge in [0.2, 0.25) is 5.95 Å². The Bertz CT molecular complexity index is 339. The van der Waals surface area contributed by atoms with Crippen LogP contribution in [0.3, 0.4) is 0 Å². The van der Waals surface area contributed by atoms with Crippen molar-refractivity contribution in [2.45, 2.75) is 25.8 Å². The molecule has 5 heteroatoms. The first kappa shape index (κ1) is 8.56. The molecule has 1 aromatic rings. The third kappa shape index (κ3) is 1.54. The minimum absolute atomic E-state index is 0.227. The molecule has 0 amide bonds. The fraction of sp³-hybridized carbons (Fsp3) is 0.500. The van der Waals surface area contributed by atoms with Crippen molar-refractivity contribution in [2.75, 3.05) is 11.1 Å². The number of aromatic nitrogens is 2. The average Bonchev–Trinajstić information content (AvgIpc) is 2.02. The van der Waals surface area contributed by atoms with Gasteiger partial charge in [0.25, 0.3) is 0 Å². The predicted molar refractivity (Wildman–Crippen MR) is 52.9 cm³/mol. The highest BCUT2D eigenvalue weighted by atomic mass is 35.5. The summed E-state index contributed by atoms with van der Waals surface area (Å²) in [6.45, 7) is 2.11. The lowest BCUT2D eigenvalue weighted by atomic mass is 10.0. The smallest absolute Gasteiger partial charge is 0.223 e. The molecule has 0 radical (unpaired) electrons. The zero-order valence-electron chi connectivity index (χ0n) is 7.34.